The van der Waals surface area contributed by atoms with E-state index >= 15 is 0 Å². The second-order valence-corrected chi connectivity index (χ2v) is 10.6. The number of ether oxygens (including phenoxy) is 4. The molecule has 0 atom stereocenters. The molecule has 0 saturated heterocycles. The largest absolute Gasteiger partial charge is 0.500 e. The molecule has 1 N–H and O–H groups in total. The van der Waals surface area contributed by atoms with Crippen LogP contribution in [0.4, 0.5) is 5.69 Å². The summed E-state index contributed by atoms with van der Waals surface area (Å²) in [6, 6.07) is 5.96. The van der Waals surface area contributed by atoms with Gasteiger partial charge >= 0.3 is 20.7 Å². The van der Waals surface area contributed by atoms with E-state index in [4.69, 9.17) is 32.2 Å². The maximum atomic E-state index is 11.5. The number of hydrogen-bond donors (Lipinski definition) is 1. The Bertz CT molecular complexity index is 795. The molecule has 0 aromatic heterocycles. The van der Waals surface area contributed by atoms with E-state index in [-0.39, 0.29) is 26.4 Å². The highest BCUT2D eigenvalue weighted by Gasteiger charge is 2.36. The third-order valence-electron chi connectivity index (χ3n) is 4.67. The normalized spacial score (nSPS) is 10.9. The Labute approximate surface area is 208 Å². The molecule has 0 aliphatic carbocycles. The minimum absolute atomic E-state index is 0.0775. The average molecular weight is 512 g/mol. The van der Waals surface area contributed by atoms with Crippen molar-refractivity contribution in [3.8, 4) is 11.5 Å². The van der Waals surface area contributed by atoms with E-state index in [1.54, 1.807) is 41.2 Å². The van der Waals surface area contributed by atoms with Crippen molar-refractivity contribution in [1.29, 1.82) is 0 Å². The molecule has 0 saturated carbocycles. The summed E-state index contributed by atoms with van der Waals surface area (Å²) in [5, 5.41) is 3.32. The van der Waals surface area contributed by atoms with Gasteiger partial charge in [-0.15, -0.1) is 0 Å². The Morgan fingerprint density at radius 3 is 1.66 bits per heavy atom. The van der Waals surface area contributed by atoms with Gasteiger partial charge < -0.3 is 37.5 Å². The van der Waals surface area contributed by atoms with Crippen LogP contribution in [0.1, 0.15) is 20.3 Å². The molecule has 0 amide bonds. The summed E-state index contributed by atoms with van der Waals surface area (Å²) < 4.78 is 37.9. The Hall–Kier alpha value is -2.86. The molecule has 0 spiro atoms. The van der Waals surface area contributed by atoms with Gasteiger partial charge in [-0.05, 0) is 20.3 Å². The standard InChI is InChI=1S/C24H37NO9Si/c1-18(2)23(26)33-12-10-31-21-15-20(25-9-8-14-35(28-5,29-6)30-7)16-22(17-21)32-11-13-34-24(27)19(3)4/h15-17,25H,1,3,8-14H2,2,4-7H3. The molecule has 0 aliphatic rings. The lowest BCUT2D eigenvalue weighted by molar-refractivity contribution is -0.140. The quantitative estimate of drug-likeness (QED) is 0.136. The first-order valence-corrected chi connectivity index (χ1v) is 13.0. The first-order chi connectivity index (χ1) is 16.7. The number of anilines is 1. The molecule has 10 nitrogen and oxygen atoms in total. The van der Waals surface area contributed by atoms with Crippen LogP contribution in [0.2, 0.25) is 6.04 Å². The van der Waals surface area contributed by atoms with Gasteiger partial charge in [-0.3, -0.25) is 0 Å². The van der Waals surface area contributed by atoms with Crippen LogP contribution in [-0.4, -0.2) is 75.0 Å². The number of hydrogen-bond acceptors (Lipinski definition) is 10. The van der Waals surface area contributed by atoms with Gasteiger partial charge in [-0.1, -0.05) is 13.2 Å². The number of carbonyl (C=O) groups is 2. The SMILES string of the molecule is C=C(C)C(=O)OCCOc1cc(NCCC[Si](OC)(OC)OC)cc(OCCOC(=O)C(=C)C)c1. The van der Waals surface area contributed by atoms with Crippen LogP contribution in [0.5, 0.6) is 11.5 Å². The summed E-state index contributed by atoms with van der Waals surface area (Å²) in [5.74, 6) is 0.0923. The van der Waals surface area contributed by atoms with Crippen molar-refractivity contribution in [3.05, 3.63) is 42.5 Å². The Kier molecular flexibility index (Phi) is 13.7. The maximum absolute atomic E-state index is 11.5. The zero-order chi connectivity index (χ0) is 26.3. The van der Waals surface area contributed by atoms with Gasteiger partial charge in [-0.25, -0.2) is 9.59 Å². The monoisotopic (exact) mass is 511 g/mol. The van der Waals surface area contributed by atoms with Crippen LogP contribution in [-0.2, 0) is 32.3 Å². The van der Waals surface area contributed by atoms with E-state index in [2.05, 4.69) is 18.5 Å². The van der Waals surface area contributed by atoms with Crippen molar-refractivity contribution >= 4 is 26.4 Å². The van der Waals surface area contributed by atoms with Gasteiger partial charge in [0.1, 0.15) is 37.9 Å². The molecule has 0 bridgehead atoms. The second kappa shape index (κ2) is 15.9. The number of esters is 2. The number of rotatable bonds is 18. The summed E-state index contributed by atoms with van der Waals surface area (Å²) >= 11 is 0. The first kappa shape index (κ1) is 30.2. The van der Waals surface area contributed by atoms with E-state index in [0.717, 1.165) is 12.1 Å². The summed E-state index contributed by atoms with van der Waals surface area (Å²) in [7, 11) is 2.10. The average Bonchev–Trinajstić information content (AvgIpc) is 2.84. The van der Waals surface area contributed by atoms with Crippen LogP contribution >= 0.6 is 0 Å². The molecule has 0 radical (unpaired) electrons. The van der Waals surface area contributed by atoms with Crippen molar-refractivity contribution in [2.24, 2.45) is 0 Å². The highest BCUT2D eigenvalue weighted by molar-refractivity contribution is 6.60. The van der Waals surface area contributed by atoms with E-state index in [0.29, 0.717) is 35.2 Å². The minimum Gasteiger partial charge on any atom is -0.490 e. The zero-order valence-electron chi connectivity index (χ0n) is 21.3. The minimum atomic E-state index is -2.64. The predicted molar refractivity (Wildman–Crippen MR) is 134 cm³/mol. The molecule has 11 heteroatoms. The van der Waals surface area contributed by atoms with Gasteiger partial charge in [0, 0.05) is 69.0 Å². The lowest BCUT2D eigenvalue weighted by Gasteiger charge is -2.24. The first-order valence-electron chi connectivity index (χ1n) is 11.1. The summed E-state index contributed by atoms with van der Waals surface area (Å²) in [4.78, 5) is 23.0. The Morgan fingerprint density at radius 1 is 0.800 bits per heavy atom. The lowest BCUT2D eigenvalue weighted by atomic mass is 10.2. The van der Waals surface area contributed by atoms with Crippen LogP contribution in [0.3, 0.4) is 0 Å². The highest BCUT2D eigenvalue weighted by atomic mass is 28.4. The molecule has 0 unspecified atom stereocenters. The fraction of sp³-hybridized carbons (Fsp3) is 0.500. The van der Waals surface area contributed by atoms with E-state index < -0.39 is 20.7 Å². The van der Waals surface area contributed by atoms with Crippen molar-refractivity contribution in [2.45, 2.75) is 26.3 Å². The van der Waals surface area contributed by atoms with Gasteiger partial charge in [0.25, 0.3) is 0 Å². The summed E-state index contributed by atoms with van der Waals surface area (Å²) in [6.45, 7) is 11.3. The topological polar surface area (TPSA) is 111 Å². The van der Waals surface area contributed by atoms with Gasteiger partial charge in [0.15, 0.2) is 0 Å². The van der Waals surface area contributed by atoms with E-state index in [1.807, 2.05) is 12.1 Å². The highest BCUT2D eigenvalue weighted by Crippen LogP contribution is 2.27. The Balaban J connectivity index is 2.74. The third kappa shape index (κ3) is 11.4. The second-order valence-electron chi connectivity index (χ2n) is 7.55. The molecular formula is C24H37NO9Si. The molecule has 0 fully saturated rings. The fourth-order valence-corrected chi connectivity index (χ4v) is 4.49. The maximum Gasteiger partial charge on any atom is 0.500 e. The fourth-order valence-electron chi connectivity index (χ4n) is 2.77. The summed E-state index contributed by atoms with van der Waals surface area (Å²) in [6.07, 6.45) is 0.747. The number of carbonyl (C=O) groups excluding carboxylic acids is 2. The van der Waals surface area contributed by atoms with Crippen molar-refractivity contribution in [2.75, 3.05) is 59.6 Å². The molecule has 0 aliphatic heterocycles. The van der Waals surface area contributed by atoms with Crippen LogP contribution in [0.25, 0.3) is 0 Å². The number of nitrogens with one attached hydrogen (secondary N) is 1. The van der Waals surface area contributed by atoms with Gasteiger partial charge in [0.05, 0.1) is 0 Å². The van der Waals surface area contributed by atoms with Crippen LogP contribution in [0.15, 0.2) is 42.5 Å². The molecule has 196 valence electrons. The molecular weight excluding hydrogens is 474 g/mol. The third-order valence-corrected chi connectivity index (χ3v) is 7.50. The van der Waals surface area contributed by atoms with Crippen molar-refractivity contribution < 1.29 is 41.8 Å². The zero-order valence-corrected chi connectivity index (χ0v) is 22.3. The predicted octanol–water partition coefficient (Wildman–Crippen LogP) is 3.36. The van der Waals surface area contributed by atoms with Gasteiger partial charge in [0.2, 0.25) is 0 Å². The molecule has 0 heterocycles. The molecule has 1 rings (SSSR count). The van der Waals surface area contributed by atoms with Crippen molar-refractivity contribution in [1.82, 2.24) is 0 Å². The molecule has 1 aromatic carbocycles. The Morgan fingerprint density at radius 2 is 1.26 bits per heavy atom. The van der Waals surface area contributed by atoms with E-state index in [9.17, 15) is 9.59 Å². The summed E-state index contributed by atoms with van der Waals surface area (Å²) in [5.41, 5.74) is 1.40. The van der Waals surface area contributed by atoms with E-state index in [1.165, 1.54) is 0 Å². The van der Waals surface area contributed by atoms with Crippen molar-refractivity contribution in [3.63, 3.8) is 0 Å². The molecule has 35 heavy (non-hydrogen) atoms. The smallest absolute Gasteiger partial charge is 0.490 e. The van der Waals surface area contributed by atoms with Crippen LogP contribution in [0, 0.1) is 0 Å². The number of benzene rings is 1. The lowest BCUT2D eigenvalue weighted by Crippen LogP contribution is -2.42. The van der Waals surface area contributed by atoms with Crippen LogP contribution < -0.4 is 14.8 Å². The van der Waals surface area contributed by atoms with Gasteiger partial charge in [-0.2, -0.15) is 0 Å². The molecule has 1 aromatic rings.